The van der Waals surface area contributed by atoms with E-state index in [-0.39, 0.29) is 5.54 Å². The van der Waals surface area contributed by atoms with E-state index < -0.39 is 0 Å². The zero-order valence-electron chi connectivity index (χ0n) is 9.58. The van der Waals surface area contributed by atoms with Crippen molar-refractivity contribution in [1.82, 2.24) is 10.2 Å². The summed E-state index contributed by atoms with van der Waals surface area (Å²) in [7, 11) is 0. The molecule has 0 bridgehead atoms. The van der Waals surface area contributed by atoms with Crippen molar-refractivity contribution in [2.45, 2.75) is 44.7 Å². The Balaban J connectivity index is 2.02. The fourth-order valence-electron chi connectivity index (χ4n) is 2.26. The van der Waals surface area contributed by atoms with Gasteiger partial charge in [-0.3, -0.25) is 10.1 Å². The first-order valence-corrected chi connectivity index (χ1v) is 6.96. The Kier molecular flexibility index (Phi) is 3.26. The van der Waals surface area contributed by atoms with E-state index in [1.807, 2.05) is 18.7 Å². The Morgan fingerprint density at radius 3 is 3.00 bits per heavy atom. The van der Waals surface area contributed by atoms with Crippen LogP contribution in [0.25, 0.3) is 0 Å². The molecule has 2 saturated heterocycles. The molecule has 2 fully saturated rings. The highest BCUT2D eigenvalue weighted by Gasteiger charge is 2.43. The fraction of sp³-hybridized carbons (Fsp3) is 0.909. The number of amides is 1. The van der Waals surface area contributed by atoms with Gasteiger partial charge in [0.2, 0.25) is 5.91 Å². The zero-order chi connectivity index (χ0) is 10.9. The first-order valence-electron chi connectivity index (χ1n) is 5.81. The smallest absolute Gasteiger partial charge is 0.243 e. The lowest BCUT2D eigenvalue weighted by Gasteiger charge is -2.31. The van der Waals surface area contributed by atoms with Crippen molar-refractivity contribution in [3.63, 3.8) is 0 Å². The third kappa shape index (κ3) is 2.02. The van der Waals surface area contributed by atoms with Gasteiger partial charge >= 0.3 is 0 Å². The van der Waals surface area contributed by atoms with Crippen molar-refractivity contribution in [3.05, 3.63) is 0 Å². The van der Waals surface area contributed by atoms with E-state index in [1.165, 1.54) is 18.6 Å². The number of nitrogens with zero attached hydrogens (tertiary/aromatic N) is 1. The second-order valence-electron chi connectivity index (χ2n) is 4.67. The quantitative estimate of drug-likeness (QED) is 0.776. The van der Waals surface area contributed by atoms with Crippen molar-refractivity contribution < 1.29 is 4.79 Å². The minimum atomic E-state index is -0.303. The Labute approximate surface area is 96.0 Å². The summed E-state index contributed by atoms with van der Waals surface area (Å²) < 4.78 is 0. The average molecular weight is 228 g/mol. The van der Waals surface area contributed by atoms with Gasteiger partial charge in [0.1, 0.15) is 0 Å². The Morgan fingerprint density at radius 2 is 2.47 bits per heavy atom. The van der Waals surface area contributed by atoms with Crippen LogP contribution < -0.4 is 5.32 Å². The molecule has 1 N–H and O–H groups in total. The Bertz CT molecular complexity index is 253. The summed E-state index contributed by atoms with van der Waals surface area (Å²) in [6, 6.07) is 0.470. The van der Waals surface area contributed by atoms with E-state index in [1.54, 1.807) is 0 Å². The number of carbonyl (C=O) groups excluding carboxylic acids is 1. The largest absolute Gasteiger partial charge is 0.324 e. The second-order valence-corrected chi connectivity index (χ2v) is 5.82. The molecule has 2 aliphatic rings. The topological polar surface area (TPSA) is 32.3 Å². The van der Waals surface area contributed by atoms with Crippen LogP contribution in [0.3, 0.4) is 0 Å². The van der Waals surface area contributed by atoms with E-state index in [9.17, 15) is 4.79 Å². The lowest BCUT2D eigenvalue weighted by Crippen LogP contribution is -2.46. The summed E-state index contributed by atoms with van der Waals surface area (Å²) >= 11 is 1.98. The predicted molar refractivity (Wildman–Crippen MR) is 63.9 cm³/mol. The minimum Gasteiger partial charge on any atom is -0.324 e. The number of hydrogen-bond acceptors (Lipinski definition) is 3. The predicted octanol–water partition coefficient (Wildman–Crippen LogP) is 1.44. The van der Waals surface area contributed by atoms with Crippen LogP contribution in [-0.4, -0.2) is 40.6 Å². The van der Waals surface area contributed by atoms with Gasteiger partial charge in [-0.05, 0) is 31.9 Å². The van der Waals surface area contributed by atoms with Crippen LogP contribution in [0.4, 0.5) is 0 Å². The molecule has 2 heterocycles. The molecule has 0 aromatic heterocycles. The van der Waals surface area contributed by atoms with Gasteiger partial charge in [0.05, 0.1) is 12.2 Å². The molecule has 0 aliphatic carbocycles. The molecule has 2 aliphatic heterocycles. The van der Waals surface area contributed by atoms with Crippen molar-refractivity contribution in [1.29, 1.82) is 0 Å². The van der Waals surface area contributed by atoms with E-state index in [4.69, 9.17) is 0 Å². The van der Waals surface area contributed by atoms with Gasteiger partial charge in [0, 0.05) is 11.8 Å². The summed E-state index contributed by atoms with van der Waals surface area (Å²) in [5, 5.41) is 3.35. The number of carbonyl (C=O) groups is 1. The van der Waals surface area contributed by atoms with Crippen LogP contribution in [0, 0.1) is 0 Å². The molecule has 2 atom stereocenters. The molecule has 0 saturated carbocycles. The third-order valence-corrected chi connectivity index (χ3v) is 4.85. The summed E-state index contributed by atoms with van der Waals surface area (Å²) in [4.78, 5) is 14.3. The molecule has 3 nitrogen and oxygen atoms in total. The van der Waals surface area contributed by atoms with Gasteiger partial charge < -0.3 is 4.90 Å². The van der Waals surface area contributed by atoms with Gasteiger partial charge in [-0.2, -0.15) is 11.8 Å². The summed E-state index contributed by atoms with van der Waals surface area (Å²) in [5.74, 6) is 2.68. The van der Waals surface area contributed by atoms with E-state index in [0.29, 0.717) is 11.9 Å². The summed E-state index contributed by atoms with van der Waals surface area (Å²) in [6.07, 6.45) is 3.31. The first-order chi connectivity index (χ1) is 7.17. The van der Waals surface area contributed by atoms with E-state index in [0.717, 1.165) is 18.8 Å². The Hall–Kier alpha value is -0.220. The lowest BCUT2D eigenvalue weighted by molar-refractivity contribution is -0.133. The standard InChI is InChI=1S/C11H20N2OS/c1-3-11(2)10(14)13(8-12-11)9-5-4-6-15-7-9/h9,12H,3-8H2,1-2H3. The molecule has 0 aromatic carbocycles. The van der Waals surface area contributed by atoms with Crippen LogP contribution in [0.5, 0.6) is 0 Å². The molecule has 0 spiro atoms. The maximum absolute atomic E-state index is 12.2. The monoisotopic (exact) mass is 228 g/mol. The van der Waals surface area contributed by atoms with Gasteiger partial charge in [-0.1, -0.05) is 6.92 Å². The highest BCUT2D eigenvalue weighted by atomic mass is 32.2. The normalized spacial score (nSPS) is 37.3. The van der Waals surface area contributed by atoms with Crippen molar-refractivity contribution in [2.24, 2.45) is 0 Å². The van der Waals surface area contributed by atoms with Crippen molar-refractivity contribution in [3.8, 4) is 0 Å². The number of hydrogen-bond donors (Lipinski definition) is 1. The maximum Gasteiger partial charge on any atom is 0.243 e. The highest BCUT2D eigenvalue weighted by Crippen LogP contribution is 2.27. The molecule has 2 unspecified atom stereocenters. The SMILES string of the molecule is CCC1(C)NCN(C2CCCSC2)C1=O. The molecule has 86 valence electrons. The number of rotatable bonds is 2. The molecular formula is C11H20N2OS. The van der Waals surface area contributed by atoms with Crippen LogP contribution in [-0.2, 0) is 4.79 Å². The van der Waals surface area contributed by atoms with Crippen molar-refractivity contribution >= 4 is 17.7 Å². The highest BCUT2D eigenvalue weighted by molar-refractivity contribution is 7.99. The molecular weight excluding hydrogens is 208 g/mol. The van der Waals surface area contributed by atoms with Gasteiger partial charge in [0.15, 0.2) is 0 Å². The minimum absolute atomic E-state index is 0.303. The van der Waals surface area contributed by atoms with Gasteiger partial charge in [0.25, 0.3) is 0 Å². The number of nitrogens with one attached hydrogen (secondary N) is 1. The summed E-state index contributed by atoms with van der Waals surface area (Å²) in [5.41, 5.74) is -0.303. The van der Waals surface area contributed by atoms with Gasteiger partial charge in [-0.25, -0.2) is 0 Å². The maximum atomic E-state index is 12.2. The molecule has 15 heavy (non-hydrogen) atoms. The lowest BCUT2D eigenvalue weighted by atomic mass is 9.99. The molecule has 4 heteroatoms. The fourth-order valence-corrected chi connectivity index (χ4v) is 3.42. The average Bonchev–Trinajstić information content (AvgIpc) is 2.58. The third-order valence-electron chi connectivity index (χ3n) is 3.66. The number of thioether (sulfide) groups is 1. The second kappa shape index (κ2) is 4.34. The van der Waals surface area contributed by atoms with Crippen LogP contribution in [0.1, 0.15) is 33.1 Å². The van der Waals surface area contributed by atoms with Crippen LogP contribution >= 0.6 is 11.8 Å². The molecule has 0 radical (unpaired) electrons. The van der Waals surface area contributed by atoms with Crippen molar-refractivity contribution in [2.75, 3.05) is 18.2 Å². The Morgan fingerprint density at radius 1 is 1.67 bits per heavy atom. The summed E-state index contributed by atoms with van der Waals surface area (Å²) in [6.45, 7) is 4.84. The zero-order valence-corrected chi connectivity index (χ0v) is 10.4. The first kappa shape index (κ1) is 11.3. The van der Waals surface area contributed by atoms with E-state index in [2.05, 4.69) is 17.1 Å². The van der Waals surface area contributed by atoms with Crippen LogP contribution in [0.2, 0.25) is 0 Å². The molecule has 2 rings (SSSR count). The molecule has 1 amide bonds. The van der Waals surface area contributed by atoms with Gasteiger partial charge in [-0.15, -0.1) is 0 Å². The van der Waals surface area contributed by atoms with E-state index >= 15 is 0 Å². The van der Waals surface area contributed by atoms with Crippen LogP contribution in [0.15, 0.2) is 0 Å². The molecule has 0 aromatic rings.